The van der Waals surface area contributed by atoms with E-state index in [9.17, 15) is 4.79 Å². The van der Waals surface area contributed by atoms with Gasteiger partial charge in [-0.3, -0.25) is 4.79 Å². The predicted octanol–water partition coefficient (Wildman–Crippen LogP) is 3.51. The number of anilines is 1. The van der Waals surface area contributed by atoms with Crippen LogP contribution in [-0.4, -0.2) is 36.0 Å². The standard InChI is InChI=1S/C19H19N3O2/c1-21-7-4-14(5-8-21)18-11-22(16-6-9-24-12-16)19-3-2-15(20-13-23)10-17(18)19/h2-4,6,9-13H,5,7-8H2,1H3,(H,20,23). The van der Waals surface area contributed by atoms with E-state index in [0.29, 0.717) is 6.41 Å². The van der Waals surface area contributed by atoms with E-state index in [1.54, 1.807) is 12.5 Å². The maximum absolute atomic E-state index is 10.8. The topological polar surface area (TPSA) is 50.4 Å². The lowest BCUT2D eigenvalue weighted by molar-refractivity contribution is -0.105. The fourth-order valence-electron chi connectivity index (χ4n) is 3.27. The Morgan fingerprint density at radius 1 is 1.29 bits per heavy atom. The molecule has 1 aliphatic heterocycles. The molecule has 0 saturated heterocycles. The molecule has 5 nitrogen and oxygen atoms in total. The molecule has 24 heavy (non-hydrogen) atoms. The van der Waals surface area contributed by atoms with Gasteiger partial charge in [-0.2, -0.15) is 0 Å². The number of aromatic nitrogens is 1. The Bertz CT molecular complexity index is 906. The van der Waals surface area contributed by atoms with Crippen LogP contribution in [0.1, 0.15) is 12.0 Å². The van der Waals surface area contributed by atoms with Crippen LogP contribution in [0.15, 0.2) is 53.5 Å². The summed E-state index contributed by atoms with van der Waals surface area (Å²) >= 11 is 0. The number of hydrogen-bond donors (Lipinski definition) is 1. The highest BCUT2D eigenvalue weighted by Crippen LogP contribution is 2.34. The number of carbonyl (C=O) groups is 1. The highest BCUT2D eigenvalue weighted by Gasteiger charge is 2.17. The van der Waals surface area contributed by atoms with Crippen LogP contribution in [0, 0.1) is 0 Å². The summed E-state index contributed by atoms with van der Waals surface area (Å²) in [4.78, 5) is 13.1. The van der Waals surface area contributed by atoms with Crippen LogP contribution >= 0.6 is 0 Å². The van der Waals surface area contributed by atoms with Crippen molar-refractivity contribution in [3.05, 3.63) is 54.6 Å². The molecule has 0 saturated carbocycles. The van der Waals surface area contributed by atoms with Gasteiger partial charge in [-0.15, -0.1) is 0 Å². The number of fused-ring (bicyclic) bond motifs is 1. The molecule has 2 aromatic heterocycles. The smallest absolute Gasteiger partial charge is 0.211 e. The Balaban J connectivity index is 1.90. The molecule has 3 heterocycles. The monoisotopic (exact) mass is 321 g/mol. The van der Waals surface area contributed by atoms with E-state index in [-0.39, 0.29) is 0 Å². The van der Waals surface area contributed by atoms with E-state index in [1.165, 1.54) is 11.1 Å². The van der Waals surface area contributed by atoms with Gasteiger partial charge in [0.1, 0.15) is 6.26 Å². The summed E-state index contributed by atoms with van der Waals surface area (Å²) in [6, 6.07) is 7.94. The molecule has 0 spiro atoms. The number of carbonyl (C=O) groups excluding carboxylic acids is 1. The number of nitrogens with zero attached hydrogens (tertiary/aromatic N) is 2. The van der Waals surface area contributed by atoms with Gasteiger partial charge in [0, 0.05) is 42.0 Å². The molecule has 1 aromatic carbocycles. The quantitative estimate of drug-likeness (QED) is 0.748. The van der Waals surface area contributed by atoms with Crippen molar-refractivity contribution < 1.29 is 9.21 Å². The van der Waals surface area contributed by atoms with Gasteiger partial charge in [-0.05, 0) is 37.2 Å². The molecule has 0 unspecified atom stereocenters. The van der Waals surface area contributed by atoms with Gasteiger partial charge in [-0.1, -0.05) is 6.08 Å². The molecule has 1 N–H and O–H groups in total. The van der Waals surface area contributed by atoms with Gasteiger partial charge in [0.2, 0.25) is 6.41 Å². The Morgan fingerprint density at radius 3 is 2.92 bits per heavy atom. The minimum atomic E-state index is 0.711. The SMILES string of the molecule is CN1CC=C(c2cn(-c3ccoc3)c3ccc(NC=O)cc23)CC1. The van der Waals surface area contributed by atoms with Gasteiger partial charge >= 0.3 is 0 Å². The van der Waals surface area contributed by atoms with Crippen molar-refractivity contribution in [2.24, 2.45) is 0 Å². The molecular weight excluding hydrogens is 302 g/mol. The maximum atomic E-state index is 10.8. The third kappa shape index (κ3) is 2.53. The molecule has 122 valence electrons. The molecule has 0 aliphatic carbocycles. The zero-order valence-electron chi connectivity index (χ0n) is 13.5. The average molecular weight is 321 g/mol. The van der Waals surface area contributed by atoms with E-state index in [0.717, 1.165) is 41.8 Å². The first-order valence-electron chi connectivity index (χ1n) is 8.02. The second kappa shape index (κ2) is 6.02. The van der Waals surface area contributed by atoms with Crippen LogP contribution in [0.4, 0.5) is 5.69 Å². The molecule has 4 rings (SSSR count). The Labute approximate surface area is 140 Å². The first-order chi connectivity index (χ1) is 11.8. The summed E-state index contributed by atoms with van der Waals surface area (Å²) in [5.41, 5.74) is 5.47. The van der Waals surface area contributed by atoms with Crippen molar-refractivity contribution in [1.82, 2.24) is 9.47 Å². The zero-order valence-corrected chi connectivity index (χ0v) is 13.5. The molecular formula is C19H19N3O2. The highest BCUT2D eigenvalue weighted by molar-refractivity contribution is 5.97. The fourth-order valence-corrected chi connectivity index (χ4v) is 3.27. The lowest BCUT2D eigenvalue weighted by Gasteiger charge is -2.21. The van der Waals surface area contributed by atoms with Crippen LogP contribution in [0.5, 0.6) is 0 Å². The van der Waals surface area contributed by atoms with E-state index >= 15 is 0 Å². The third-order valence-corrected chi connectivity index (χ3v) is 4.57. The molecule has 1 amide bonds. The van der Waals surface area contributed by atoms with Crippen molar-refractivity contribution in [3.63, 3.8) is 0 Å². The van der Waals surface area contributed by atoms with Crippen molar-refractivity contribution in [2.75, 3.05) is 25.5 Å². The van der Waals surface area contributed by atoms with Gasteiger partial charge in [0.05, 0.1) is 17.5 Å². The number of rotatable bonds is 4. The number of likely N-dealkylation sites (N-methyl/N-ethyl adjacent to an activating group) is 1. The molecule has 3 aromatic rings. The summed E-state index contributed by atoms with van der Waals surface area (Å²) in [5.74, 6) is 0. The minimum Gasteiger partial charge on any atom is -0.470 e. The zero-order chi connectivity index (χ0) is 16.5. The lowest BCUT2D eigenvalue weighted by atomic mass is 9.99. The Morgan fingerprint density at radius 2 is 2.21 bits per heavy atom. The lowest BCUT2D eigenvalue weighted by Crippen LogP contribution is -2.23. The highest BCUT2D eigenvalue weighted by atomic mass is 16.3. The average Bonchev–Trinajstić information content (AvgIpc) is 3.23. The van der Waals surface area contributed by atoms with Crippen molar-refractivity contribution in [2.45, 2.75) is 6.42 Å². The summed E-state index contributed by atoms with van der Waals surface area (Å²) in [5, 5.41) is 3.88. The first kappa shape index (κ1) is 14.8. The molecule has 5 heteroatoms. The molecule has 1 aliphatic rings. The largest absolute Gasteiger partial charge is 0.470 e. The fraction of sp³-hybridized carbons (Fsp3) is 0.211. The molecule has 0 bridgehead atoms. The summed E-state index contributed by atoms with van der Waals surface area (Å²) in [6.07, 6.45) is 9.60. The van der Waals surface area contributed by atoms with E-state index in [4.69, 9.17) is 4.42 Å². The van der Waals surface area contributed by atoms with Gasteiger partial charge in [-0.25, -0.2) is 0 Å². The normalized spacial score (nSPS) is 15.5. The number of hydrogen-bond acceptors (Lipinski definition) is 3. The van der Waals surface area contributed by atoms with E-state index in [1.807, 2.05) is 24.3 Å². The van der Waals surface area contributed by atoms with E-state index in [2.05, 4.69) is 34.1 Å². The minimum absolute atomic E-state index is 0.711. The van der Waals surface area contributed by atoms with Crippen molar-refractivity contribution >= 4 is 28.6 Å². The second-order valence-corrected chi connectivity index (χ2v) is 6.13. The number of benzene rings is 1. The summed E-state index contributed by atoms with van der Waals surface area (Å²) in [6.45, 7) is 2.01. The summed E-state index contributed by atoms with van der Waals surface area (Å²) < 4.78 is 7.39. The van der Waals surface area contributed by atoms with Crippen molar-refractivity contribution in [3.8, 4) is 5.69 Å². The van der Waals surface area contributed by atoms with Crippen LogP contribution in [0.3, 0.4) is 0 Å². The second-order valence-electron chi connectivity index (χ2n) is 6.13. The number of furan rings is 1. The number of amides is 1. The first-order valence-corrected chi connectivity index (χ1v) is 8.02. The van der Waals surface area contributed by atoms with Crippen LogP contribution in [-0.2, 0) is 4.79 Å². The Hall–Kier alpha value is -2.79. The van der Waals surface area contributed by atoms with Gasteiger partial charge in [0.25, 0.3) is 0 Å². The molecule has 0 atom stereocenters. The molecule has 0 fully saturated rings. The third-order valence-electron chi connectivity index (χ3n) is 4.57. The molecule has 0 radical (unpaired) electrons. The van der Waals surface area contributed by atoms with Gasteiger partial charge in [0.15, 0.2) is 0 Å². The predicted molar refractivity (Wildman–Crippen MR) is 95.3 cm³/mol. The number of nitrogens with one attached hydrogen (secondary N) is 1. The summed E-state index contributed by atoms with van der Waals surface area (Å²) in [7, 11) is 2.13. The van der Waals surface area contributed by atoms with Crippen LogP contribution in [0.2, 0.25) is 0 Å². The van der Waals surface area contributed by atoms with Crippen LogP contribution < -0.4 is 5.32 Å². The van der Waals surface area contributed by atoms with E-state index < -0.39 is 0 Å². The Kier molecular flexibility index (Phi) is 3.70. The maximum Gasteiger partial charge on any atom is 0.211 e. The van der Waals surface area contributed by atoms with Crippen molar-refractivity contribution in [1.29, 1.82) is 0 Å². The van der Waals surface area contributed by atoms with Gasteiger partial charge < -0.3 is 19.2 Å². The van der Waals surface area contributed by atoms with Crippen LogP contribution in [0.25, 0.3) is 22.2 Å².